The first-order chi connectivity index (χ1) is 9.79. The first kappa shape index (κ1) is 13.1. The minimum Gasteiger partial charge on any atom is -0.467 e. The van der Waals surface area contributed by atoms with Gasteiger partial charge in [-0.2, -0.15) is 16.9 Å². The van der Waals surface area contributed by atoms with E-state index in [9.17, 15) is 4.79 Å². The number of hydrogen-bond donors (Lipinski definition) is 0. The molecule has 0 bridgehead atoms. The monoisotopic (exact) mass is 290 g/mol. The summed E-state index contributed by atoms with van der Waals surface area (Å²) in [5.41, 5.74) is 0.769. The van der Waals surface area contributed by atoms with Crippen molar-refractivity contribution in [1.29, 1.82) is 0 Å². The van der Waals surface area contributed by atoms with Gasteiger partial charge in [-0.05, 0) is 30.5 Å². The lowest BCUT2D eigenvalue weighted by Gasteiger charge is -2.19. The summed E-state index contributed by atoms with van der Waals surface area (Å²) in [6.45, 7) is 0. The highest BCUT2D eigenvalue weighted by molar-refractivity contribution is 7.99. The van der Waals surface area contributed by atoms with Gasteiger partial charge in [0.1, 0.15) is 23.3 Å². The lowest BCUT2D eigenvalue weighted by Crippen LogP contribution is -2.28. The third kappa shape index (κ3) is 2.38. The van der Waals surface area contributed by atoms with E-state index in [1.54, 1.807) is 12.5 Å². The van der Waals surface area contributed by atoms with E-state index < -0.39 is 0 Å². The van der Waals surface area contributed by atoms with E-state index in [-0.39, 0.29) is 11.9 Å². The lowest BCUT2D eigenvalue weighted by atomic mass is 10.1. The lowest BCUT2D eigenvalue weighted by molar-refractivity contribution is -0.130. The summed E-state index contributed by atoms with van der Waals surface area (Å²) in [6.07, 6.45) is 5.71. The zero-order valence-corrected chi connectivity index (χ0v) is 11.8. The smallest absolute Gasteiger partial charge is 0.253 e. The number of thioether (sulfide) groups is 1. The molecule has 20 heavy (non-hydrogen) atoms. The van der Waals surface area contributed by atoms with Crippen LogP contribution in [0, 0.1) is 0 Å². The minimum atomic E-state index is -0.190. The molecule has 6 heteroatoms. The van der Waals surface area contributed by atoms with Gasteiger partial charge in [-0.15, -0.1) is 0 Å². The fourth-order valence-corrected chi connectivity index (χ4v) is 2.60. The zero-order chi connectivity index (χ0) is 13.9. The van der Waals surface area contributed by atoms with Crippen LogP contribution in [0.25, 0.3) is 0 Å². The van der Waals surface area contributed by atoms with E-state index >= 15 is 0 Å². The maximum absolute atomic E-state index is 12.2. The van der Waals surface area contributed by atoms with Crippen LogP contribution >= 0.6 is 11.8 Å². The Labute approximate surface area is 120 Å². The normalized spacial score (nSPS) is 18.4. The molecule has 1 atom stereocenters. The number of carbonyl (C=O) groups excluding carboxylic acids is 1. The van der Waals surface area contributed by atoms with E-state index in [0.29, 0.717) is 17.9 Å². The molecule has 0 fully saturated rings. The van der Waals surface area contributed by atoms with Crippen LogP contribution in [0.1, 0.15) is 24.0 Å². The van der Waals surface area contributed by atoms with E-state index in [4.69, 9.17) is 8.83 Å². The Hall–Kier alpha value is -1.95. The fourth-order valence-electron chi connectivity index (χ4n) is 2.22. The number of furan rings is 2. The molecule has 1 aliphatic heterocycles. The topological polar surface area (TPSA) is 59.0 Å². The van der Waals surface area contributed by atoms with Gasteiger partial charge in [0.15, 0.2) is 0 Å². The second kappa shape index (κ2) is 5.58. The quantitative estimate of drug-likeness (QED) is 0.868. The molecule has 0 aliphatic carbocycles. The predicted molar refractivity (Wildman–Crippen MR) is 76.5 cm³/mol. The van der Waals surface area contributed by atoms with Crippen LogP contribution in [0.15, 0.2) is 50.7 Å². The Bertz CT molecular complexity index is 604. The fraction of sp³-hybridized carbons (Fsp3) is 0.286. The van der Waals surface area contributed by atoms with Crippen LogP contribution < -0.4 is 0 Å². The molecule has 0 saturated heterocycles. The summed E-state index contributed by atoms with van der Waals surface area (Å²) in [7, 11) is 0. The summed E-state index contributed by atoms with van der Waals surface area (Å²) in [4.78, 5) is 12.2. The maximum atomic E-state index is 12.2. The minimum absolute atomic E-state index is 0.0274. The summed E-state index contributed by atoms with van der Waals surface area (Å²) in [5.74, 6) is 1.80. The van der Waals surface area contributed by atoms with Gasteiger partial charge in [0, 0.05) is 6.42 Å². The largest absolute Gasteiger partial charge is 0.467 e. The highest BCUT2D eigenvalue weighted by atomic mass is 32.2. The van der Waals surface area contributed by atoms with Gasteiger partial charge in [0.2, 0.25) is 0 Å². The van der Waals surface area contributed by atoms with Gasteiger partial charge < -0.3 is 8.83 Å². The molecule has 3 heterocycles. The molecule has 2 aromatic rings. The Morgan fingerprint density at radius 1 is 1.40 bits per heavy atom. The predicted octanol–water partition coefficient (Wildman–Crippen LogP) is 2.91. The van der Waals surface area contributed by atoms with Crippen LogP contribution in [0.4, 0.5) is 0 Å². The second-order valence-electron chi connectivity index (χ2n) is 4.43. The van der Waals surface area contributed by atoms with Crippen LogP contribution in [-0.2, 0) is 4.79 Å². The van der Waals surface area contributed by atoms with Crippen molar-refractivity contribution in [1.82, 2.24) is 5.01 Å². The van der Waals surface area contributed by atoms with Crippen molar-refractivity contribution >= 4 is 23.4 Å². The third-order valence-electron chi connectivity index (χ3n) is 3.11. The SMILES string of the molecule is CSCC(=O)N1N=C(c2ccco2)C[C@@H]1c1ccco1. The van der Waals surface area contributed by atoms with Gasteiger partial charge in [0.25, 0.3) is 5.91 Å². The van der Waals surface area contributed by atoms with Crippen molar-refractivity contribution in [2.45, 2.75) is 12.5 Å². The van der Waals surface area contributed by atoms with E-state index in [2.05, 4.69) is 5.10 Å². The third-order valence-corrected chi connectivity index (χ3v) is 3.65. The van der Waals surface area contributed by atoms with Crippen LogP contribution in [-0.4, -0.2) is 28.6 Å². The molecule has 1 amide bonds. The van der Waals surface area contributed by atoms with Gasteiger partial charge in [0.05, 0.1) is 18.3 Å². The first-order valence-corrected chi connectivity index (χ1v) is 7.64. The van der Waals surface area contributed by atoms with E-state index in [0.717, 1.165) is 11.5 Å². The Morgan fingerprint density at radius 2 is 2.20 bits per heavy atom. The van der Waals surface area contributed by atoms with E-state index in [1.807, 2.05) is 30.5 Å². The summed E-state index contributed by atoms with van der Waals surface area (Å²) in [5, 5.41) is 5.93. The molecule has 5 nitrogen and oxygen atoms in total. The Balaban J connectivity index is 1.90. The van der Waals surface area contributed by atoms with Gasteiger partial charge in [-0.25, -0.2) is 5.01 Å². The highest BCUT2D eigenvalue weighted by Crippen LogP contribution is 2.33. The summed E-state index contributed by atoms with van der Waals surface area (Å²) >= 11 is 1.48. The van der Waals surface area contributed by atoms with Crippen LogP contribution in [0.2, 0.25) is 0 Å². The van der Waals surface area contributed by atoms with Crippen LogP contribution in [0.5, 0.6) is 0 Å². The molecule has 2 aromatic heterocycles. The first-order valence-electron chi connectivity index (χ1n) is 6.25. The average molecular weight is 290 g/mol. The average Bonchev–Trinajstić information content (AvgIpc) is 3.19. The number of hydrazone groups is 1. The number of carbonyl (C=O) groups is 1. The van der Waals surface area contributed by atoms with Crippen LogP contribution in [0.3, 0.4) is 0 Å². The number of amides is 1. The van der Waals surface area contributed by atoms with E-state index in [1.165, 1.54) is 16.8 Å². The summed E-state index contributed by atoms with van der Waals surface area (Å²) in [6, 6.07) is 7.15. The van der Waals surface area contributed by atoms with Gasteiger partial charge >= 0.3 is 0 Å². The van der Waals surface area contributed by atoms with Crippen molar-refractivity contribution in [2.75, 3.05) is 12.0 Å². The van der Waals surface area contributed by atoms with Crippen molar-refractivity contribution in [2.24, 2.45) is 5.10 Å². The number of nitrogens with zero attached hydrogens (tertiary/aromatic N) is 2. The summed E-state index contributed by atoms with van der Waals surface area (Å²) < 4.78 is 10.8. The Morgan fingerprint density at radius 3 is 2.85 bits per heavy atom. The molecule has 0 N–H and O–H groups in total. The standard InChI is InChI=1S/C14H14N2O3S/c1-20-9-14(17)16-11(13-5-3-7-19-13)8-10(15-16)12-4-2-6-18-12/h2-7,11H,8-9H2,1H3/t11-/m1/s1. The number of hydrogen-bond acceptors (Lipinski definition) is 5. The van der Waals surface area contributed by atoms with Crippen molar-refractivity contribution in [3.05, 3.63) is 48.3 Å². The molecular formula is C14H14N2O3S. The molecule has 104 valence electrons. The molecule has 0 spiro atoms. The van der Waals surface area contributed by atoms with Gasteiger partial charge in [-0.1, -0.05) is 0 Å². The molecule has 0 radical (unpaired) electrons. The molecule has 3 rings (SSSR count). The maximum Gasteiger partial charge on any atom is 0.253 e. The van der Waals surface area contributed by atoms with Crippen molar-refractivity contribution < 1.29 is 13.6 Å². The molecule has 0 unspecified atom stereocenters. The highest BCUT2D eigenvalue weighted by Gasteiger charge is 2.35. The van der Waals surface area contributed by atoms with Crippen molar-refractivity contribution in [3.8, 4) is 0 Å². The van der Waals surface area contributed by atoms with Gasteiger partial charge in [-0.3, -0.25) is 4.79 Å². The molecule has 1 aliphatic rings. The number of rotatable bonds is 4. The van der Waals surface area contributed by atoms with Crippen molar-refractivity contribution in [3.63, 3.8) is 0 Å². The molecule has 0 saturated carbocycles. The zero-order valence-electron chi connectivity index (χ0n) is 11.0. The molecular weight excluding hydrogens is 276 g/mol. The molecule has 0 aromatic carbocycles. The Kier molecular flexibility index (Phi) is 3.64. The second-order valence-corrected chi connectivity index (χ2v) is 5.30.